The van der Waals surface area contributed by atoms with Crippen LogP contribution in [0.2, 0.25) is 0 Å². The van der Waals surface area contributed by atoms with Crippen molar-refractivity contribution in [2.45, 2.75) is 6.92 Å². The van der Waals surface area contributed by atoms with Crippen molar-refractivity contribution >= 4 is 18.4 Å². The van der Waals surface area contributed by atoms with Crippen LogP contribution in [-0.4, -0.2) is 0 Å². The van der Waals surface area contributed by atoms with Crippen molar-refractivity contribution in [2.75, 3.05) is 0 Å². The minimum Gasteiger partial charge on any atom is -0.277 e. The van der Waals surface area contributed by atoms with Gasteiger partial charge < -0.3 is 0 Å². The first kappa shape index (κ1) is 10.1. The maximum Gasteiger partial charge on any atom is 0.136 e. The second kappa shape index (κ2) is 4.37. The Labute approximate surface area is 90.6 Å². The Morgan fingerprint density at radius 1 is 0.800 bits per heavy atom. The van der Waals surface area contributed by atoms with Crippen molar-refractivity contribution in [3.63, 3.8) is 0 Å². The smallest absolute Gasteiger partial charge is 0.136 e. The molecule has 0 N–H and O–H groups in total. The molecule has 2 rings (SSSR count). The zero-order chi connectivity index (χ0) is 10.7. The average molecular weight is 215 g/mol. The number of rotatable bonds is 2. The number of hydrogen-bond acceptors (Lipinski definition) is 1. The van der Waals surface area contributed by atoms with Crippen molar-refractivity contribution in [1.82, 2.24) is 0 Å². The molecule has 15 heavy (non-hydrogen) atoms. The van der Waals surface area contributed by atoms with E-state index < -0.39 is 7.80 Å². The fourth-order valence-electron chi connectivity index (χ4n) is 1.39. The Hall–Kier alpha value is -1.46. The molecule has 0 heterocycles. The van der Waals surface area contributed by atoms with Crippen LogP contribution in [-0.2, 0) is 4.57 Å². The van der Waals surface area contributed by atoms with Gasteiger partial charge in [-0.2, -0.15) is 0 Å². The average Bonchev–Trinajstić information content (AvgIpc) is 2.30. The molecule has 0 spiro atoms. The zero-order valence-electron chi connectivity index (χ0n) is 8.55. The lowest BCUT2D eigenvalue weighted by Gasteiger charge is -2.01. The maximum absolute atomic E-state index is 12.1. The molecular weight excluding hydrogens is 203 g/mol. The molecule has 1 atom stereocenters. The number of aryl methyl sites for hydroxylation is 1. The van der Waals surface area contributed by atoms with Crippen LogP contribution >= 0.6 is 7.80 Å². The van der Waals surface area contributed by atoms with Crippen LogP contribution in [0.4, 0.5) is 0 Å². The SMILES string of the molecule is Cc1ccc([P](=O)c2ccccc2)cc1. The summed E-state index contributed by atoms with van der Waals surface area (Å²) in [6, 6.07) is 17.4. The van der Waals surface area contributed by atoms with E-state index in [0.717, 1.165) is 10.6 Å². The van der Waals surface area contributed by atoms with Gasteiger partial charge in [-0.1, -0.05) is 35.9 Å². The van der Waals surface area contributed by atoms with Gasteiger partial charge in [0.15, 0.2) is 0 Å². The van der Waals surface area contributed by atoms with E-state index in [-0.39, 0.29) is 0 Å². The minimum absolute atomic E-state index is 0.886. The highest BCUT2D eigenvalue weighted by atomic mass is 31.1. The molecule has 2 heteroatoms. The van der Waals surface area contributed by atoms with Crippen LogP contribution in [0.1, 0.15) is 5.56 Å². The van der Waals surface area contributed by atoms with E-state index in [1.54, 1.807) is 0 Å². The van der Waals surface area contributed by atoms with Crippen molar-refractivity contribution in [1.29, 1.82) is 0 Å². The summed E-state index contributed by atoms with van der Waals surface area (Å²) in [5.41, 5.74) is 1.19. The second-order valence-electron chi connectivity index (χ2n) is 3.47. The summed E-state index contributed by atoms with van der Waals surface area (Å²) in [6.07, 6.45) is 0. The molecule has 0 fully saturated rings. The first-order valence-electron chi connectivity index (χ1n) is 4.86. The van der Waals surface area contributed by atoms with Gasteiger partial charge >= 0.3 is 0 Å². The van der Waals surface area contributed by atoms with Gasteiger partial charge in [0.25, 0.3) is 0 Å². The lowest BCUT2D eigenvalue weighted by Crippen LogP contribution is -2.05. The molecule has 1 unspecified atom stereocenters. The Bertz CT molecular complexity index is 460. The van der Waals surface area contributed by atoms with Crippen LogP contribution in [0.15, 0.2) is 54.6 Å². The molecule has 0 aliphatic rings. The van der Waals surface area contributed by atoms with Gasteiger partial charge in [0.1, 0.15) is 7.80 Å². The Morgan fingerprint density at radius 3 is 1.93 bits per heavy atom. The summed E-state index contributed by atoms with van der Waals surface area (Å²) in [5.74, 6) is 0. The minimum atomic E-state index is -1.43. The van der Waals surface area contributed by atoms with Crippen molar-refractivity contribution in [3.8, 4) is 0 Å². The highest BCUT2D eigenvalue weighted by Crippen LogP contribution is 2.18. The summed E-state index contributed by atoms with van der Waals surface area (Å²) < 4.78 is 12.1. The third-order valence-electron chi connectivity index (χ3n) is 2.26. The molecule has 0 aliphatic heterocycles. The van der Waals surface area contributed by atoms with E-state index in [0.29, 0.717) is 0 Å². The number of benzene rings is 2. The van der Waals surface area contributed by atoms with Crippen LogP contribution in [0.25, 0.3) is 0 Å². The quantitative estimate of drug-likeness (QED) is 0.704. The highest BCUT2D eigenvalue weighted by molar-refractivity contribution is 7.61. The van der Waals surface area contributed by atoms with Gasteiger partial charge in [-0.15, -0.1) is 0 Å². The van der Waals surface area contributed by atoms with Crippen LogP contribution in [0.5, 0.6) is 0 Å². The van der Waals surface area contributed by atoms with Crippen molar-refractivity contribution in [3.05, 3.63) is 60.2 Å². The van der Waals surface area contributed by atoms with E-state index >= 15 is 0 Å². The summed E-state index contributed by atoms with van der Waals surface area (Å²) in [7, 11) is -1.43. The Balaban J connectivity index is 2.33. The summed E-state index contributed by atoms with van der Waals surface area (Å²) in [5, 5.41) is 1.78. The maximum atomic E-state index is 12.1. The van der Waals surface area contributed by atoms with Gasteiger partial charge in [0, 0.05) is 10.6 Å². The third kappa shape index (κ3) is 2.31. The summed E-state index contributed by atoms with van der Waals surface area (Å²) in [6.45, 7) is 2.03. The first-order chi connectivity index (χ1) is 7.27. The third-order valence-corrected chi connectivity index (χ3v) is 3.79. The van der Waals surface area contributed by atoms with Gasteiger partial charge in [0.05, 0.1) is 0 Å². The highest BCUT2D eigenvalue weighted by Gasteiger charge is 2.05. The largest absolute Gasteiger partial charge is 0.277 e. The molecule has 0 saturated heterocycles. The molecule has 0 aliphatic carbocycles. The Kier molecular flexibility index (Phi) is 2.94. The van der Waals surface area contributed by atoms with Crippen molar-refractivity contribution in [2.24, 2.45) is 0 Å². The molecule has 1 nitrogen and oxygen atoms in total. The molecule has 75 valence electrons. The fourth-order valence-corrected chi connectivity index (χ4v) is 2.55. The van der Waals surface area contributed by atoms with E-state index in [1.807, 2.05) is 61.5 Å². The fraction of sp³-hybridized carbons (Fsp3) is 0.0769. The second-order valence-corrected chi connectivity index (χ2v) is 5.09. The van der Waals surface area contributed by atoms with Crippen LogP contribution in [0.3, 0.4) is 0 Å². The van der Waals surface area contributed by atoms with Gasteiger partial charge in [-0.3, -0.25) is 4.57 Å². The summed E-state index contributed by atoms with van der Waals surface area (Å²) >= 11 is 0. The predicted octanol–water partition coefficient (Wildman–Crippen LogP) is 2.77. The number of hydrogen-bond donors (Lipinski definition) is 0. The first-order valence-corrected chi connectivity index (χ1v) is 6.12. The lowest BCUT2D eigenvalue weighted by atomic mass is 10.2. The standard InChI is InChI=1S/C13H12OP/c1-11-7-9-13(10-8-11)15(14)12-5-3-2-4-6-12/h2-10H,1H3. The van der Waals surface area contributed by atoms with Gasteiger partial charge in [-0.25, -0.2) is 0 Å². The van der Waals surface area contributed by atoms with Crippen LogP contribution in [0, 0.1) is 6.92 Å². The molecule has 0 bridgehead atoms. The van der Waals surface area contributed by atoms with E-state index in [1.165, 1.54) is 5.56 Å². The van der Waals surface area contributed by atoms with E-state index in [9.17, 15) is 4.57 Å². The van der Waals surface area contributed by atoms with E-state index in [4.69, 9.17) is 0 Å². The monoisotopic (exact) mass is 215 g/mol. The molecule has 1 radical (unpaired) electrons. The summed E-state index contributed by atoms with van der Waals surface area (Å²) in [4.78, 5) is 0. The molecule has 0 saturated carbocycles. The molecule has 2 aromatic rings. The normalized spacial score (nSPS) is 11.1. The molecule has 2 aromatic carbocycles. The Morgan fingerprint density at radius 2 is 1.33 bits per heavy atom. The van der Waals surface area contributed by atoms with Gasteiger partial charge in [0.2, 0.25) is 0 Å². The molecule has 0 aromatic heterocycles. The molecule has 0 amide bonds. The zero-order valence-corrected chi connectivity index (χ0v) is 9.45. The topological polar surface area (TPSA) is 17.1 Å². The van der Waals surface area contributed by atoms with Crippen molar-refractivity contribution < 1.29 is 4.57 Å². The van der Waals surface area contributed by atoms with Crippen LogP contribution < -0.4 is 10.6 Å². The van der Waals surface area contributed by atoms with Gasteiger partial charge in [-0.05, 0) is 31.2 Å². The predicted molar refractivity (Wildman–Crippen MR) is 64.5 cm³/mol. The lowest BCUT2D eigenvalue weighted by molar-refractivity contribution is 0.598. The van der Waals surface area contributed by atoms with E-state index in [2.05, 4.69) is 0 Å². The molecular formula is C13H12OP.